The van der Waals surface area contributed by atoms with E-state index in [1.54, 1.807) is 0 Å². The summed E-state index contributed by atoms with van der Waals surface area (Å²) >= 11 is 0. The van der Waals surface area contributed by atoms with Gasteiger partial charge in [0.2, 0.25) is 0 Å². The van der Waals surface area contributed by atoms with Crippen molar-refractivity contribution in [3.63, 3.8) is 0 Å². The van der Waals surface area contributed by atoms with Crippen LogP contribution in [-0.2, 0) is 6.54 Å². The highest BCUT2D eigenvalue weighted by Gasteiger charge is 2.31. The molecule has 0 atom stereocenters. The van der Waals surface area contributed by atoms with Crippen LogP contribution in [0.25, 0.3) is 22.2 Å². The summed E-state index contributed by atoms with van der Waals surface area (Å²) in [5.74, 6) is 1.09. The predicted molar refractivity (Wildman–Crippen MR) is 105 cm³/mol. The summed E-state index contributed by atoms with van der Waals surface area (Å²) in [6, 6.07) is 11.8. The van der Waals surface area contributed by atoms with Crippen LogP contribution in [0, 0.1) is 0 Å². The van der Waals surface area contributed by atoms with Gasteiger partial charge in [-0.3, -0.25) is 5.10 Å². The molecule has 1 saturated heterocycles. The largest absolute Gasteiger partial charge is 0.349 e. The van der Waals surface area contributed by atoms with Gasteiger partial charge in [-0.05, 0) is 38.3 Å². The zero-order chi connectivity index (χ0) is 17.7. The van der Waals surface area contributed by atoms with E-state index in [-0.39, 0.29) is 0 Å². The maximum Gasteiger partial charge on any atom is 0.140 e. The number of H-pyrrole nitrogens is 1. The molecule has 2 aliphatic heterocycles. The van der Waals surface area contributed by atoms with Gasteiger partial charge in [0, 0.05) is 43.5 Å². The van der Waals surface area contributed by atoms with Crippen molar-refractivity contribution in [2.24, 2.45) is 0 Å². The van der Waals surface area contributed by atoms with Crippen molar-refractivity contribution in [1.29, 1.82) is 0 Å². The number of piperidine rings is 1. The fourth-order valence-electron chi connectivity index (χ4n) is 4.53. The maximum atomic E-state index is 4.82. The Hall–Kier alpha value is -2.40. The highest BCUT2D eigenvalue weighted by Crippen LogP contribution is 2.40. The molecule has 0 bridgehead atoms. The molecule has 5 rings (SSSR count). The van der Waals surface area contributed by atoms with E-state index in [0.717, 1.165) is 36.7 Å². The molecule has 2 aliphatic rings. The van der Waals surface area contributed by atoms with Gasteiger partial charge in [-0.25, -0.2) is 4.98 Å². The first kappa shape index (κ1) is 15.8. The molecule has 0 radical (unpaired) electrons. The van der Waals surface area contributed by atoms with Crippen molar-refractivity contribution in [2.75, 3.05) is 18.0 Å². The second kappa shape index (κ2) is 6.09. The number of likely N-dealkylation sites (tertiary alicyclic amines) is 1. The molecule has 0 unspecified atom stereocenters. The van der Waals surface area contributed by atoms with Gasteiger partial charge in [-0.1, -0.05) is 24.3 Å². The van der Waals surface area contributed by atoms with Gasteiger partial charge in [0.25, 0.3) is 0 Å². The number of nitrogens with zero attached hydrogens (tertiary/aromatic N) is 4. The molecule has 1 aromatic carbocycles. The average Bonchev–Trinajstić information content (AvgIpc) is 3.04. The smallest absolute Gasteiger partial charge is 0.140 e. The molecule has 0 saturated carbocycles. The first-order valence-electron chi connectivity index (χ1n) is 9.64. The fraction of sp³-hybridized carbons (Fsp3) is 0.429. The Labute approximate surface area is 154 Å². The molecule has 1 N–H and O–H groups in total. The van der Waals surface area contributed by atoms with Crippen LogP contribution in [0.5, 0.6) is 0 Å². The molecule has 0 amide bonds. The molecular formula is C21H25N5. The number of benzene rings is 1. The van der Waals surface area contributed by atoms with Gasteiger partial charge in [-0.15, -0.1) is 0 Å². The van der Waals surface area contributed by atoms with Crippen LogP contribution in [0.1, 0.15) is 32.3 Å². The third-order valence-corrected chi connectivity index (χ3v) is 6.01. The number of aromatic nitrogens is 3. The summed E-state index contributed by atoms with van der Waals surface area (Å²) in [6.07, 6.45) is 4.28. The number of rotatable bonds is 2. The number of pyridine rings is 1. The standard InChI is InChI=1S/C21H25N5/c1-14(2)25-11-8-16(9-12-25)26-13-15-5-3-4-6-17(15)20-19-18(23-24-20)7-10-22-21(19)26/h3-7,10,14,16H,8-9,11-13H2,1-2H3,(H,23,24). The van der Waals surface area contributed by atoms with Crippen LogP contribution in [0.3, 0.4) is 0 Å². The quantitative estimate of drug-likeness (QED) is 0.766. The summed E-state index contributed by atoms with van der Waals surface area (Å²) in [4.78, 5) is 9.93. The third kappa shape index (κ3) is 2.42. The molecule has 4 heterocycles. The zero-order valence-corrected chi connectivity index (χ0v) is 15.4. The second-order valence-electron chi connectivity index (χ2n) is 7.78. The minimum atomic E-state index is 0.525. The molecule has 0 spiro atoms. The Kier molecular flexibility index (Phi) is 3.71. The Balaban J connectivity index is 1.60. The van der Waals surface area contributed by atoms with Crippen LogP contribution in [0.15, 0.2) is 36.5 Å². The number of hydrogen-bond acceptors (Lipinski definition) is 4. The molecule has 2 aromatic heterocycles. The monoisotopic (exact) mass is 347 g/mol. The predicted octanol–water partition coefficient (Wildman–Crippen LogP) is 3.82. The number of fused-ring (bicyclic) bond motifs is 2. The van der Waals surface area contributed by atoms with E-state index in [4.69, 9.17) is 4.98 Å². The Morgan fingerprint density at radius 2 is 1.92 bits per heavy atom. The molecule has 5 heteroatoms. The van der Waals surface area contributed by atoms with Crippen molar-refractivity contribution in [1.82, 2.24) is 20.1 Å². The van der Waals surface area contributed by atoms with E-state index >= 15 is 0 Å². The first-order valence-corrected chi connectivity index (χ1v) is 9.64. The van der Waals surface area contributed by atoms with Crippen LogP contribution in [0.2, 0.25) is 0 Å². The summed E-state index contributed by atoms with van der Waals surface area (Å²) in [5.41, 5.74) is 4.69. The van der Waals surface area contributed by atoms with Gasteiger partial charge in [0.1, 0.15) is 11.5 Å². The third-order valence-electron chi connectivity index (χ3n) is 6.01. The zero-order valence-electron chi connectivity index (χ0n) is 15.4. The Morgan fingerprint density at radius 1 is 1.12 bits per heavy atom. The minimum Gasteiger partial charge on any atom is -0.349 e. The SMILES string of the molecule is CC(C)N1CCC(N2Cc3ccccc3-c3n[nH]c4ccnc2c34)CC1. The van der Waals surface area contributed by atoms with Crippen LogP contribution in [-0.4, -0.2) is 45.3 Å². The van der Waals surface area contributed by atoms with E-state index in [2.05, 4.69) is 58.1 Å². The average molecular weight is 347 g/mol. The summed E-state index contributed by atoms with van der Waals surface area (Å²) in [6.45, 7) is 7.82. The van der Waals surface area contributed by atoms with E-state index < -0.39 is 0 Å². The van der Waals surface area contributed by atoms with Crippen molar-refractivity contribution < 1.29 is 0 Å². The molecule has 134 valence electrons. The highest BCUT2D eigenvalue weighted by molar-refractivity contribution is 6.02. The van der Waals surface area contributed by atoms with Gasteiger partial charge in [0.15, 0.2) is 0 Å². The molecule has 0 aliphatic carbocycles. The highest BCUT2D eigenvalue weighted by atomic mass is 15.3. The van der Waals surface area contributed by atoms with Crippen LogP contribution < -0.4 is 4.90 Å². The van der Waals surface area contributed by atoms with E-state index in [9.17, 15) is 0 Å². The lowest BCUT2D eigenvalue weighted by molar-refractivity contribution is 0.169. The normalized spacial score (nSPS) is 18.3. The van der Waals surface area contributed by atoms with Crippen LogP contribution in [0.4, 0.5) is 5.82 Å². The summed E-state index contributed by atoms with van der Waals surface area (Å²) in [7, 11) is 0. The minimum absolute atomic E-state index is 0.525. The summed E-state index contributed by atoms with van der Waals surface area (Å²) in [5, 5.41) is 9.02. The van der Waals surface area contributed by atoms with E-state index in [1.807, 2.05) is 12.3 Å². The van der Waals surface area contributed by atoms with Gasteiger partial charge < -0.3 is 9.80 Å². The number of hydrogen-bond donors (Lipinski definition) is 1. The Bertz CT molecular complexity index is 936. The number of aromatic amines is 1. The fourth-order valence-corrected chi connectivity index (χ4v) is 4.53. The van der Waals surface area contributed by atoms with Crippen molar-refractivity contribution in [3.05, 3.63) is 42.1 Å². The first-order chi connectivity index (χ1) is 12.7. The lowest BCUT2D eigenvalue weighted by atomic mass is 10.0. The van der Waals surface area contributed by atoms with Gasteiger partial charge in [-0.2, -0.15) is 5.10 Å². The lowest BCUT2D eigenvalue weighted by Crippen LogP contribution is -2.47. The molecular weight excluding hydrogens is 322 g/mol. The van der Waals surface area contributed by atoms with Crippen molar-refractivity contribution in [3.8, 4) is 11.3 Å². The molecule has 1 fully saturated rings. The van der Waals surface area contributed by atoms with Crippen molar-refractivity contribution in [2.45, 2.75) is 45.3 Å². The number of anilines is 1. The Morgan fingerprint density at radius 3 is 2.73 bits per heavy atom. The topological polar surface area (TPSA) is 48.0 Å². The van der Waals surface area contributed by atoms with Gasteiger partial charge in [0.05, 0.1) is 10.9 Å². The van der Waals surface area contributed by atoms with Gasteiger partial charge >= 0.3 is 0 Å². The molecule has 26 heavy (non-hydrogen) atoms. The van der Waals surface area contributed by atoms with Crippen LogP contribution >= 0.6 is 0 Å². The maximum absolute atomic E-state index is 4.82. The van der Waals surface area contributed by atoms with E-state index in [1.165, 1.54) is 29.4 Å². The second-order valence-corrected chi connectivity index (χ2v) is 7.78. The molecule has 3 aromatic rings. The lowest BCUT2D eigenvalue weighted by Gasteiger charge is -2.40. The van der Waals surface area contributed by atoms with Crippen molar-refractivity contribution >= 4 is 16.7 Å². The molecule has 5 nitrogen and oxygen atoms in total. The summed E-state index contributed by atoms with van der Waals surface area (Å²) < 4.78 is 0. The number of nitrogens with one attached hydrogen (secondary N) is 1. The van der Waals surface area contributed by atoms with E-state index in [0.29, 0.717) is 12.1 Å².